The minimum Gasteiger partial charge on any atom is -0.322 e. The molecule has 1 saturated heterocycles. The van der Waals surface area contributed by atoms with Gasteiger partial charge in [0.05, 0.1) is 6.04 Å². The van der Waals surface area contributed by atoms with Crippen LogP contribution in [0.15, 0.2) is 24.3 Å². The van der Waals surface area contributed by atoms with Gasteiger partial charge in [-0.2, -0.15) is 0 Å². The van der Waals surface area contributed by atoms with Gasteiger partial charge in [0.1, 0.15) is 6.17 Å². The highest BCUT2D eigenvalue weighted by Gasteiger charge is 2.40. The summed E-state index contributed by atoms with van der Waals surface area (Å²) in [5.74, 6) is 0.530. The fourth-order valence-electron chi connectivity index (χ4n) is 2.89. The highest BCUT2D eigenvalue weighted by molar-refractivity contribution is 5.84. The standard InChI is InChI=1S/C18H28N2O/c1-7-20-16(19-15(12(2)3)17(20)21)13-8-10-14(11-9-13)18(4,5)6/h8-12,15-16,19H,7H2,1-6H3. The summed E-state index contributed by atoms with van der Waals surface area (Å²) in [6.45, 7) is 13.6. The first-order chi connectivity index (χ1) is 9.75. The van der Waals surface area contributed by atoms with E-state index in [0.29, 0.717) is 5.92 Å². The lowest BCUT2D eigenvalue weighted by atomic mass is 9.86. The maximum atomic E-state index is 12.5. The molecule has 0 aliphatic carbocycles. The monoisotopic (exact) mass is 288 g/mol. The molecule has 116 valence electrons. The Kier molecular flexibility index (Phi) is 4.43. The van der Waals surface area contributed by atoms with E-state index in [0.717, 1.165) is 6.54 Å². The van der Waals surface area contributed by atoms with Crippen molar-refractivity contribution >= 4 is 5.91 Å². The molecule has 3 nitrogen and oxygen atoms in total. The Morgan fingerprint density at radius 3 is 2.19 bits per heavy atom. The lowest BCUT2D eigenvalue weighted by Gasteiger charge is -2.24. The van der Waals surface area contributed by atoms with Crippen LogP contribution >= 0.6 is 0 Å². The van der Waals surface area contributed by atoms with Crippen LogP contribution in [0, 0.1) is 5.92 Å². The molecule has 1 heterocycles. The molecule has 0 saturated carbocycles. The van der Waals surface area contributed by atoms with Crippen molar-refractivity contribution in [1.29, 1.82) is 0 Å². The number of likely N-dealkylation sites (N-methyl/N-ethyl adjacent to an activating group) is 1. The van der Waals surface area contributed by atoms with Crippen LogP contribution in [0.5, 0.6) is 0 Å². The van der Waals surface area contributed by atoms with Crippen LogP contribution in [-0.4, -0.2) is 23.4 Å². The largest absolute Gasteiger partial charge is 0.322 e. The Bertz CT molecular complexity index is 499. The number of hydrogen-bond acceptors (Lipinski definition) is 2. The molecule has 1 N–H and O–H groups in total. The second-order valence-corrected chi connectivity index (χ2v) is 7.29. The van der Waals surface area contributed by atoms with E-state index in [9.17, 15) is 4.79 Å². The van der Waals surface area contributed by atoms with E-state index in [1.807, 2.05) is 11.8 Å². The zero-order valence-corrected chi connectivity index (χ0v) is 14.1. The first-order valence-electron chi connectivity index (χ1n) is 7.92. The zero-order valence-electron chi connectivity index (χ0n) is 14.1. The third-order valence-corrected chi connectivity index (χ3v) is 4.30. The first kappa shape index (κ1) is 16.0. The Balaban J connectivity index is 2.26. The highest BCUT2D eigenvalue weighted by atomic mass is 16.2. The van der Waals surface area contributed by atoms with Crippen LogP contribution in [0.3, 0.4) is 0 Å². The van der Waals surface area contributed by atoms with Gasteiger partial charge in [-0.3, -0.25) is 10.1 Å². The van der Waals surface area contributed by atoms with Crippen LogP contribution < -0.4 is 5.32 Å². The van der Waals surface area contributed by atoms with E-state index in [-0.39, 0.29) is 23.5 Å². The summed E-state index contributed by atoms with van der Waals surface area (Å²) < 4.78 is 0. The van der Waals surface area contributed by atoms with Gasteiger partial charge in [-0.25, -0.2) is 0 Å². The molecular weight excluding hydrogens is 260 g/mol. The number of benzene rings is 1. The average molecular weight is 288 g/mol. The number of carbonyl (C=O) groups is 1. The zero-order chi connectivity index (χ0) is 15.8. The minimum absolute atomic E-state index is 0.00363. The van der Waals surface area contributed by atoms with Crippen molar-refractivity contribution in [2.45, 2.75) is 59.2 Å². The molecule has 2 unspecified atom stereocenters. The summed E-state index contributed by atoms with van der Waals surface area (Å²) in [5, 5.41) is 3.49. The summed E-state index contributed by atoms with van der Waals surface area (Å²) in [6, 6.07) is 8.58. The van der Waals surface area contributed by atoms with Crippen LogP contribution in [0.25, 0.3) is 0 Å². The molecule has 2 rings (SSSR count). The van der Waals surface area contributed by atoms with Gasteiger partial charge in [-0.05, 0) is 29.4 Å². The Labute approximate surface area is 128 Å². The van der Waals surface area contributed by atoms with Gasteiger partial charge in [0.15, 0.2) is 0 Å². The molecule has 1 aromatic carbocycles. The maximum Gasteiger partial charge on any atom is 0.241 e. The maximum absolute atomic E-state index is 12.5. The van der Waals surface area contributed by atoms with Crippen molar-refractivity contribution in [2.24, 2.45) is 5.92 Å². The van der Waals surface area contributed by atoms with Gasteiger partial charge < -0.3 is 4.90 Å². The number of nitrogens with one attached hydrogen (secondary N) is 1. The summed E-state index contributed by atoms with van der Waals surface area (Å²) in [5.41, 5.74) is 2.64. The predicted molar refractivity (Wildman–Crippen MR) is 87.0 cm³/mol. The molecule has 0 spiro atoms. The van der Waals surface area contributed by atoms with Crippen molar-refractivity contribution < 1.29 is 4.79 Å². The summed E-state index contributed by atoms with van der Waals surface area (Å²) in [4.78, 5) is 14.4. The molecule has 1 amide bonds. The summed E-state index contributed by atoms with van der Waals surface area (Å²) in [6.07, 6.45) is 0.00363. The topological polar surface area (TPSA) is 32.3 Å². The third-order valence-electron chi connectivity index (χ3n) is 4.30. The number of carbonyl (C=O) groups excluding carboxylic acids is 1. The Hall–Kier alpha value is -1.35. The van der Waals surface area contributed by atoms with Crippen molar-refractivity contribution in [2.75, 3.05) is 6.54 Å². The number of nitrogens with zero attached hydrogens (tertiary/aromatic N) is 1. The Morgan fingerprint density at radius 1 is 1.19 bits per heavy atom. The van der Waals surface area contributed by atoms with Gasteiger partial charge in [0.25, 0.3) is 0 Å². The van der Waals surface area contributed by atoms with Crippen molar-refractivity contribution in [3.63, 3.8) is 0 Å². The van der Waals surface area contributed by atoms with Crippen LogP contribution in [0.1, 0.15) is 58.8 Å². The fourth-order valence-corrected chi connectivity index (χ4v) is 2.89. The van der Waals surface area contributed by atoms with Crippen LogP contribution in [0.2, 0.25) is 0 Å². The van der Waals surface area contributed by atoms with Crippen molar-refractivity contribution in [3.8, 4) is 0 Å². The molecule has 21 heavy (non-hydrogen) atoms. The van der Waals surface area contributed by atoms with E-state index in [4.69, 9.17) is 0 Å². The summed E-state index contributed by atoms with van der Waals surface area (Å²) in [7, 11) is 0. The molecular formula is C18H28N2O. The van der Waals surface area contributed by atoms with E-state index in [1.54, 1.807) is 0 Å². The second kappa shape index (κ2) is 5.80. The molecule has 0 bridgehead atoms. The van der Waals surface area contributed by atoms with E-state index in [2.05, 4.69) is 64.2 Å². The average Bonchev–Trinajstić information content (AvgIpc) is 2.75. The minimum atomic E-state index is -0.0720. The molecule has 1 aromatic rings. The SMILES string of the molecule is CCN1C(=O)C(C(C)C)NC1c1ccc(C(C)(C)C)cc1. The molecule has 1 aliphatic rings. The van der Waals surface area contributed by atoms with E-state index in [1.165, 1.54) is 11.1 Å². The van der Waals surface area contributed by atoms with Crippen LogP contribution in [-0.2, 0) is 10.2 Å². The fraction of sp³-hybridized carbons (Fsp3) is 0.611. The molecule has 0 aromatic heterocycles. The third kappa shape index (κ3) is 3.13. The van der Waals surface area contributed by atoms with E-state index >= 15 is 0 Å². The van der Waals surface area contributed by atoms with Gasteiger partial charge in [0, 0.05) is 6.54 Å². The number of amides is 1. The quantitative estimate of drug-likeness (QED) is 0.924. The van der Waals surface area contributed by atoms with Crippen LogP contribution in [0.4, 0.5) is 0 Å². The van der Waals surface area contributed by atoms with Crippen molar-refractivity contribution in [1.82, 2.24) is 10.2 Å². The summed E-state index contributed by atoms with van der Waals surface area (Å²) >= 11 is 0. The first-order valence-corrected chi connectivity index (χ1v) is 7.92. The molecule has 0 radical (unpaired) electrons. The van der Waals surface area contributed by atoms with Crippen molar-refractivity contribution in [3.05, 3.63) is 35.4 Å². The van der Waals surface area contributed by atoms with Gasteiger partial charge in [0.2, 0.25) is 5.91 Å². The van der Waals surface area contributed by atoms with Gasteiger partial charge in [-0.15, -0.1) is 0 Å². The second-order valence-electron chi connectivity index (χ2n) is 7.29. The smallest absolute Gasteiger partial charge is 0.241 e. The van der Waals surface area contributed by atoms with Gasteiger partial charge in [-0.1, -0.05) is 58.9 Å². The van der Waals surface area contributed by atoms with E-state index < -0.39 is 0 Å². The molecule has 2 atom stereocenters. The number of rotatable bonds is 3. The predicted octanol–water partition coefficient (Wildman–Crippen LogP) is 3.46. The normalized spacial score (nSPS) is 23.2. The highest BCUT2D eigenvalue weighted by Crippen LogP contribution is 2.29. The lowest BCUT2D eigenvalue weighted by molar-refractivity contribution is -0.130. The Morgan fingerprint density at radius 2 is 1.76 bits per heavy atom. The lowest BCUT2D eigenvalue weighted by Crippen LogP contribution is -2.34. The van der Waals surface area contributed by atoms with Gasteiger partial charge >= 0.3 is 0 Å². The molecule has 1 aliphatic heterocycles. The molecule has 1 fully saturated rings. The molecule has 3 heteroatoms. The number of hydrogen-bond donors (Lipinski definition) is 1.